The fraction of sp³-hybridized carbons (Fsp3) is 0.235. The molecule has 1 aromatic carbocycles. The third kappa shape index (κ3) is 3.77. The Morgan fingerprint density at radius 1 is 1.27 bits per heavy atom. The van der Waals surface area contributed by atoms with Crippen LogP contribution in [0.3, 0.4) is 0 Å². The molecule has 134 valence electrons. The lowest BCUT2D eigenvalue weighted by Crippen LogP contribution is -2.24. The average molecular weight is 354 g/mol. The molecule has 2 heterocycles. The lowest BCUT2D eigenvalue weighted by molar-refractivity contribution is -0.116. The highest BCUT2D eigenvalue weighted by Crippen LogP contribution is 2.27. The Morgan fingerprint density at radius 3 is 2.81 bits per heavy atom. The standard InChI is InChI=1S/C17H18N6O3/c1-12-4-3-5-17(25)22(12)9-8-16(24)19-14-7-6-13(10-15(14)26-2)23-11-18-20-21-23/h3-7,10-11H,8-9H2,1-2H3,(H,19,24). The molecule has 0 radical (unpaired) electrons. The number of nitrogens with one attached hydrogen (secondary N) is 1. The summed E-state index contributed by atoms with van der Waals surface area (Å²) in [7, 11) is 1.52. The van der Waals surface area contributed by atoms with E-state index in [1.165, 1.54) is 24.2 Å². The highest BCUT2D eigenvalue weighted by molar-refractivity contribution is 5.92. The zero-order chi connectivity index (χ0) is 18.5. The lowest BCUT2D eigenvalue weighted by atomic mass is 10.2. The Labute approximate surface area is 149 Å². The predicted octanol–water partition coefficient (Wildman–Crippen LogP) is 1.17. The van der Waals surface area contributed by atoms with E-state index < -0.39 is 0 Å². The van der Waals surface area contributed by atoms with Crippen molar-refractivity contribution in [1.82, 2.24) is 24.8 Å². The van der Waals surface area contributed by atoms with Crippen LogP contribution < -0.4 is 15.6 Å². The Balaban J connectivity index is 1.70. The molecule has 1 amide bonds. The minimum atomic E-state index is -0.214. The van der Waals surface area contributed by atoms with E-state index in [4.69, 9.17) is 4.74 Å². The summed E-state index contributed by atoms with van der Waals surface area (Å²) in [6.45, 7) is 2.14. The molecule has 0 atom stereocenters. The van der Waals surface area contributed by atoms with Crippen molar-refractivity contribution < 1.29 is 9.53 Å². The number of pyridine rings is 1. The molecule has 0 aliphatic heterocycles. The van der Waals surface area contributed by atoms with Gasteiger partial charge in [-0.1, -0.05) is 6.07 Å². The first-order chi connectivity index (χ1) is 12.6. The number of aryl methyl sites for hydroxylation is 1. The van der Waals surface area contributed by atoms with Gasteiger partial charge in [-0.2, -0.15) is 0 Å². The summed E-state index contributed by atoms with van der Waals surface area (Å²) in [5.41, 5.74) is 1.93. The van der Waals surface area contributed by atoms with Gasteiger partial charge in [0.15, 0.2) is 0 Å². The number of benzene rings is 1. The molecule has 9 nitrogen and oxygen atoms in total. The van der Waals surface area contributed by atoms with Gasteiger partial charge in [-0.05, 0) is 35.5 Å². The smallest absolute Gasteiger partial charge is 0.250 e. The maximum atomic E-state index is 12.3. The van der Waals surface area contributed by atoms with Crippen molar-refractivity contribution in [2.24, 2.45) is 0 Å². The molecular formula is C17H18N6O3. The Bertz CT molecular complexity index is 965. The van der Waals surface area contributed by atoms with Crippen LogP contribution in [0.2, 0.25) is 0 Å². The van der Waals surface area contributed by atoms with E-state index in [1.54, 1.807) is 28.8 Å². The van der Waals surface area contributed by atoms with Crippen molar-refractivity contribution in [2.45, 2.75) is 19.9 Å². The third-order valence-corrected chi connectivity index (χ3v) is 3.90. The van der Waals surface area contributed by atoms with E-state index in [-0.39, 0.29) is 17.9 Å². The Kier molecular flexibility index (Phi) is 5.07. The van der Waals surface area contributed by atoms with Gasteiger partial charge < -0.3 is 14.6 Å². The van der Waals surface area contributed by atoms with Gasteiger partial charge in [-0.25, -0.2) is 4.68 Å². The second kappa shape index (κ2) is 7.60. The van der Waals surface area contributed by atoms with Crippen molar-refractivity contribution in [3.63, 3.8) is 0 Å². The summed E-state index contributed by atoms with van der Waals surface area (Å²) in [5, 5.41) is 13.8. The first kappa shape index (κ1) is 17.3. The maximum absolute atomic E-state index is 12.3. The van der Waals surface area contributed by atoms with Crippen LogP contribution in [0.4, 0.5) is 5.69 Å². The number of hydrogen-bond acceptors (Lipinski definition) is 6. The first-order valence-electron chi connectivity index (χ1n) is 7.96. The van der Waals surface area contributed by atoms with Gasteiger partial charge in [0.1, 0.15) is 12.1 Å². The molecule has 1 N–H and O–H groups in total. The molecule has 0 saturated carbocycles. The van der Waals surface area contributed by atoms with E-state index in [1.807, 2.05) is 13.0 Å². The number of carbonyl (C=O) groups is 1. The summed E-state index contributed by atoms with van der Waals surface area (Å²) in [5.74, 6) is 0.271. The molecule has 3 aromatic rings. The normalized spacial score (nSPS) is 10.5. The minimum Gasteiger partial charge on any atom is -0.494 e. The number of anilines is 1. The molecule has 0 bridgehead atoms. The highest BCUT2D eigenvalue weighted by atomic mass is 16.5. The number of ether oxygens (including phenoxy) is 1. The van der Waals surface area contributed by atoms with Gasteiger partial charge in [0.05, 0.1) is 18.5 Å². The van der Waals surface area contributed by atoms with Crippen LogP contribution in [-0.2, 0) is 11.3 Å². The van der Waals surface area contributed by atoms with Gasteiger partial charge in [0, 0.05) is 30.8 Å². The summed E-state index contributed by atoms with van der Waals surface area (Å²) in [6.07, 6.45) is 1.63. The van der Waals surface area contributed by atoms with E-state index in [0.29, 0.717) is 23.7 Å². The van der Waals surface area contributed by atoms with Gasteiger partial charge in [-0.15, -0.1) is 5.10 Å². The molecule has 26 heavy (non-hydrogen) atoms. The Morgan fingerprint density at radius 2 is 2.12 bits per heavy atom. The summed E-state index contributed by atoms with van der Waals surface area (Å²) in [4.78, 5) is 24.1. The number of carbonyl (C=O) groups excluding carboxylic acids is 1. The lowest BCUT2D eigenvalue weighted by Gasteiger charge is -2.13. The van der Waals surface area contributed by atoms with Crippen molar-refractivity contribution in [2.75, 3.05) is 12.4 Å². The summed E-state index contributed by atoms with van der Waals surface area (Å²) < 4.78 is 8.39. The van der Waals surface area contributed by atoms with Crippen molar-refractivity contribution in [3.05, 3.63) is 58.8 Å². The number of methoxy groups -OCH3 is 1. The van der Waals surface area contributed by atoms with E-state index in [2.05, 4.69) is 20.8 Å². The van der Waals surface area contributed by atoms with E-state index in [9.17, 15) is 9.59 Å². The molecule has 3 rings (SSSR count). The quantitative estimate of drug-likeness (QED) is 0.713. The van der Waals surface area contributed by atoms with Gasteiger partial charge in [0.2, 0.25) is 5.91 Å². The maximum Gasteiger partial charge on any atom is 0.250 e. The predicted molar refractivity (Wildman–Crippen MR) is 94.4 cm³/mol. The number of tetrazole rings is 1. The Hall–Kier alpha value is -3.49. The van der Waals surface area contributed by atoms with Crippen LogP contribution in [0.5, 0.6) is 5.75 Å². The molecule has 0 aliphatic rings. The number of aromatic nitrogens is 5. The average Bonchev–Trinajstić information content (AvgIpc) is 3.16. The van der Waals surface area contributed by atoms with Gasteiger partial charge in [0.25, 0.3) is 5.56 Å². The number of rotatable bonds is 6. The van der Waals surface area contributed by atoms with Crippen LogP contribution >= 0.6 is 0 Å². The molecule has 0 unspecified atom stereocenters. The number of hydrogen-bond donors (Lipinski definition) is 1. The summed E-state index contributed by atoms with van der Waals surface area (Å²) in [6, 6.07) is 10.2. The minimum absolute atomic E-state index is 0.124. The second-order valence-corrected chi connectivity index (χ2v) is 5.59. The van der Waals surface area contributed by atoms with E-state index >= 15 is 0 Å². The van der Waals surface area contributed by atoms with Crippen LogP contribution in [0.1, 0.15) is 12.1 Å². The zero-order valence-electron chi connectivity index (χ0n) is 14.4. The number of amides is 1. The SMILES string of the molecule is COc1cc(-n2cnnn2)ccc1NC(=O)CCn1c(C)cccc1=O. The molecular weight excluding hydrogens is 336 g/mol. The van der Waals surface area contributed by atoms with Crippen molar-refractivity contribution in [3.8, 4) is 11.4 Å². The molecule has 0 fully saturated rings. The van der Waals surface area contributed by atoms with Crippen molar-refractivity contribution >= 4 is 11.6 Å². The second-order valence-electron chi connectivity index (χ2n) is 5.59. The van der Waals surface area contributed by atoms with Crippen LogP contribution in [-0.4, -0.2) is 37.8 Å². The molecule has 0 saturated heterocycles. The molecule has 9 heteroatoms. The zero-order valence-corrected chi connectivity index (χ0v) is 14.4. The van der Waals surface area contributed by atoms with E-state index in [0.717, 1.165) is 5.69 Å². The largest absolute Gasteiger partial charge is 0.494 e. The van der Waals surface area contributed by atoms with Gasteiger partial charge in [-0.3, -0.25) is 9.59 Å². The third-order valence-electron chi connectivity index (χ3n) is 3.90. The van der Waals surface area contributed by atoms with Gasteiger partial charge >= 0.3 is 0 Å². The topological polar surface area (TPSA) is 104 Å². The fourth-order valence-electron chi connectivity index (χ4n) is 2.54. The molecule has 0 aliphatic carbocycles. The van der Waals surface area contributed by atoms with Crippen molar-refractivity contribution in [1.29, 1.82) is 0 Å². The van der Waals surface area contributed by atoms with Crippen LogP contribution in [0.25, 0.3) is 5.69 Å². The fourth-order valence-corrected chi connectivity index (χ4v) is 2.54. The van der Waals surface area contributed by atoms with Crippen LogP contribution in [0, 0.1) is 6.92 Å². The highest BCUT2D eigenvalue weighted by Gasteiger charge is 2.11. The monoisotopic (exact) mass is 354 g/mol. The molecule has 2 aromatic heterocycles. The first-order valence-corrected chi connectivity index (χ1v) is 7.96. The molecule has 0 spiro atoms. The number of nitrogens with zero attached hydrogens (tertiary/aromatic N) is 5. The summed E-state index contributed by atoms with van der Waals surface area (Å²) >= 11 is 0. The van der Waals surface area contributed by atoms with Crippen LogP contribution in [0.15, 0.2) is 47.5 Å².